The van der Waals surface area contributed by atoms with Gasteiger partial charge in [0.25, 0.3) is 0 Å². The molecule has 1 heterocycles. The lowest BCUT2D eigenvalue weighted by molar-refractivity contribution is 0.110. The normalized spacial score (nSPS) is 18.6. The molecule has 0 aromatic heterocycles. The second-order valence-electron chi connectivity index (χ2n) is 4.56. The average Bonchev–Trinajstić information content (AvgIpc) is 2.93. The third-order valence-corrected chi connectivity index (χ3v) is 3.62. The fourth-order valence-electron chi connectivity index (χ4n) is 2.20. The molecule has 106 valence electrons. The first kappa shape index (κ1) is 14.4. The van der Waals surface area contributed by atoms with Crippen LogP contribution in [0.2, 0.25) is 5.02 Å². The van der Waals surface area contributed by atoms with E-state index in [0.717, 1.165) is 31.6 Å². The molecule has 19 heavy (non-hydrogen) atoms. The lowest BCUT2D eigenvalue weighted by Gasteiger charge is -2.14. The molecule has 0 saturated carbocycles. The molecule has 1 atom stereocenters. The molecular weight excluding hydrogens is 266 g/mol. The van der Waals surface area contributed by atoms with Gasteiger partial charge in [0.2, 0.25) is 0 Å². The Balaban J connectivity index is 1.95. The van der Waals surface area contributed by atoms with Crippen LogP contribution in [0.1, 0.15) is 18.4 Å². The van der Waals surface area contributed by atoms with Crippen molar-refractivity contribution in [2.24, 2.45) is 0 Å². The highest BCUT2D eigenvalue weighted by Gasteiger charge is 2.15. The molecule has 0 radical (unpaired) electrons. The summed E-state index contributed by atoms with van der Waals surface area (Å²) in [6.07, 6.45) is 2.62. The summed E-state index contributed by atoms with van der Waals surface area (Å²) < 4.78 is 16.0. The molecule has 1 aliphatic rings. The number of hydrogen-bond acceptors (Lipinski definition) is 4. The smallest absolute Gasteiger partial charge is 0.162 e. The first-order valence-corrected chi connectivity index (χ1v) is 6.85. The van der Waals surface area contributed by atoms with Crippen molar-refractivity contribution in [2.75, 3.05) is 27.4 Å². The Morgan fingerprint density at radius 3 is 2.68 bits per heavy atom. The van der Waals surface area contributed by atoms with Gasteiger partial charge in [0, 0.05) is 30.8 Å². The maximum atomic E-state index is 6.23. The molecule has 0 amide bonds. The van der Waals surface area contributed by atoms with Crippen molar-refractivity contribution in [2.45, 2.75) is 25.5 Å². The van der Waals surface area contributed by atoms with Crippen molar-refractivity contribution in [3.63, 3.8) is 0 Å². The Morgan fingerprint density at radius 2 is 2.05 bits per heavy atom. The zero-order valence-corrected chi connectivity index (χ0v) is 12.1. The number of halogens is 1. The molecule has 0 bridgehead atoms. The third-order valence-electron chi connectivity index (χ3n) is 3.26. The summed E-state index contributed by atoms with van der Waals surface area (Å²) in [5, 5.41) is 4.05. The minimum Gasteiger partial charge on any atom is -0.493 e. The number of nitrogens with one attached hydrogen (secondary N) is 1. The fourth-order valence-corrected chi connectivity index (χ4v) is 2.43. The molecule has 0 spiro atoms. The molecule has 1 aliphatic heterocycles. The van der Waals surface area contributed by atoms with Gasteiger partial charge >= 0.3 is 0 Å². The molecule has 1 N–H and O–H groups in total. The zero-order valence-electron chi connectivity index (χ0n) is 11.4. The molecule has 4 nitrogen and oxygen atoms in total. The number of methoxy groups -OCH3 is 2. The molecule has 1 unspecified atom stereocenters. The lowest BCUT2D eigenvalue weighted by atomic mass is 10.2. The summed E-state index contributed by atoms with van der Waals surface area (Å²) in [6.45, 7) is 2.42. The van der Waals surface area contributed by atoms with Gasteiger partial charge < -0.3 is 19.5 Å². The molecule has 1 saturated heterocycles. The van der Waals surface area contributed by atoms with Crippen molar-refractivity contribution in [3.05, 3.63) is 22.7 Å². The topological polar surface area (TPSA) is 39.7 Å². The maximum Gasteiger partial charge on any atom is 0.162 e. The van der Waals surface area contributed by atoms with Crippen LogP contribution in [0, 0.1) is 0 Å². The Hall–Kier alpha value is -0.970. The van der Waals surface area contributed by atoms with E-state index >= 15 is 0 Å². The highest BCUT2D eigenvalue weighted by molar-refractivity contribution is 6.31. The van der Waals surface area contributed by atoms with Gasteiger partial charge in [-0.2, -0.15) is 0 Å². The van der Waals surface area contributed by atoms with Gasteiger partial charge in [-0.1, -0.05) is 11.6 Å². The van der Waals surface area contributed by atoms with E-state index < -0.39 is 0 Å². The standard InChI is InChI=1S/C14H20ClNO3/c1-17-13-6-10(12(15)7-14(13)18-2)8-16-9-11-4-3-5-19-11/h6-7,11,16H,3-5,8-9H2,1-2H3. The Labute approximate surface area is 119 Å². The summed E-state index contributed by atoms with van der Waals surface area (Å²) in [6, 6.07) is 3.69. The largest absolute Gasteiger partial charge is 0.493 e. The first-order valence-electron chi connectivity index (χ1n) is 6.47. The van der Waals surface area contributed by atoms with Crippen LogP contribution in [0.4, 0.5) is 0 Å². The lowest BCUT2D eigenvalue weighted by Crippen LogP contribution is -2.25. The summed E-state index contributed by atoms with van der Waals surface area (Å²) in [7, 11) is 3.22. The van der Waals surface area contributed by atoms with Crippen molar-refractivity contribution >= 4 is 11.6 Å². The minimum absolute atomic E-state index is 0.332. The van der Waals surface area contributed by atoms with E-state index in [1.165, 1.54) is 0 Å². The van der Waals surface area contributed by atoms with Crippen LogP contribution in [0.15, 0.2) is 12.1 Å². The fraction of sp³-hybridized carbons (Fsp3) is 0.571. The molecular formula is C14H20ClNO3. The van der Waals surface area contributed by atoms with Crippen LogP contribution < -0.4 is 14.8 Å². The molecule has 1 aromatic rings. The second kappa shape index (κ2) is 6.98. The van der Waals surface area contributed by atoms with Crippen molar-refractivity contribution < 1.29 is 14.2 Å². The monoisotopic (exact) mass is 285 g/mol. The summed E-state index contributed by atoms with van der Waals surface area (Å²) in [5.74, 6) is 1.34. The van der Waals surface area contributed by atoms with E-state index in [1.54, 1.807) is 20.3 Å². The first-order chi connectivity index (χ1) is 9.24. The van der Waals surface area contributed by atoms with Crippen molar-refractivity contribution in [3.8, 4) is 11.5 Å². The molecule has 2 rings (SSSR count). The van der Waals surface area contributed by atoms with Gasteiger partial charge in [0.1, 0.15) is 0 Å². The van der Waals surface area contributed by atoms with Crippen molar-refractivity contribution in [1.82, 2.24) is 5.32 Å². The van der Waals surface area contributed by atoms with E-state index in [0.29, 0.717) is 29.2 Å². The summed E-state index contributed by atoms with van der Waals surface area (Å²) in [5.41, 5.74) is 0.998. The molecule has 1 aromatic carbocycles. The SMILES string of the molecule is COc1cc(Cl)c(CNCC2CCCO2)cc1OC. The van der Waals surface area contributed by atoms with Gasteiger partial charge in [-0.15, -0.1) is 0 Å². The number of benzene rings is 1. The number of ether oxygens (including phenoxy) is 3. The second-order valence-corrected chi connectivity index (χ2v) is 4.97. The highest BCUT2D eigenvalue weighted by Crippen LogP contribution is 2.32. The molecule has 1 fully saturated rings. The van der Waals surface area contributed by atoms with Gasteiger partial charge in [-0.05, 0) is 24.5 Å². The Kier molecular flexibility index (Phi) is 5.31. The summed E-state index contributed by atoms with van der Waals surface area (Å²) >= 11 is 6.23. The Bertz CT molecular complexity index is 419. The van der Waals surface area contributed by atoms with E-state index in [-0.39, 0.29) is 0 Å². The average molecular weight is 286 g/mol. The van der Waals surface area contributed by atoms with Crippen LogP contribution in [0.5, 0.6) is 11.5 Å². The third kappa shape index (κ3) is 3.75. The van der Waals surface area contributed by atoms with Crippen LogP contribution in [0.25, 0.3) is 0 Å². The van der Waals surface area contributed by atoms with Gasteiger partial charge in [-0.3, -0.25) is 0 Å². The number of hydrogen-bond donors (Lipinski definition) is 1. The quantitative estimate of drug-likeness (QED) is 0.872. The van der Waals surface area contributed by atoms with Crippen LogP contribution in [0.3, 0.4) is 0 Å². The van der Waals surface area contributed by atoms with E-state index in [9.17, 15) is 0 Å². The highest BCUT2D eigenvalue weighted by atomic mass is 35.5. The van der Waals surface area contributed by atoms with Gasteiger partial charge in [-0.25, -0.2) is 0 Å². The Morgan fingerprint density at radius 1 is 1.32 bits per heavy atom. The van der Waals surface area contributed by atoms with E-state index in [2.05, 4.69) is 5.32 Å². The maximum absolute atomic E-state index is 6.23. The predicted octanol–water partition coefficient (Wildman–Crippen LogP) is 2.63. The van der Waals surface area contributed by atoms with Crippen LogP contribution in [-0.2, 0) is 11.3 Å². The van der Waals surface area contributed by atoms with E-state index in [4.69, 9.17) is 25.8 Å². The van der Waals surface area contributed by atoms with Gasteiger partial charge in [0.15, 0.2) is 11.5 Å². The zero-order chi connectivity index (χ0) is 13.7. The van der Waals surface area contributed by atoms with Crippen LogP contribution >= 0.6 is 11.6 Å². The number of rotatable bonds is 6. The molecule has 5 heteroatoms. The van der Waals surface area contributed by atoms with E-state index in [1.807, 2.05) is 6.07 Å². The predicted molar refractivity (Wildman–Crippen MR) is 75.2 cm³/mol. The van der Waals surface area contributed by atoms with Gasteiger partial charge in [0.05, 0.1) is 20.3 Å². The molecule has 0 aliphatic carbocycles. The van der Waals surface area contributed by atoms with Crippen LogP contribution in [-0.4, -0.2) is 33.5 Å². The minimum atomic E-state index is 0.332. The summed E-state index contributed by atoms with van der Waals surface area (Å²) in [4.78, 5) is 0. The van der Waals surface area contributed by atoms with Crippen molar-refractivity contribution in [1.29, 1.82) is 0 Å².